The maximum absolute atomic E-state index is 5.19. The van der Waals surface area contributed by atoms with Gasteiger partial charge in [0, 0.05) is 44.3 Å². The number of hydrogen-bond acceptors (Lipinski definition) is 4. The first-order chi connectivity index (χ1) is 53.0. The summed E-state index contributed by atoms with van der Waals surface area (Å²) in [5.41, 5.74) is 30.7. The standard InChI is InChI=1S/C49H34N4.C25H16BrN3.C24H19N/c1-4-12-35(13-5-1)38-20-26-41(27-21-38)51(42-28-22-39(23-29-42)36-14-6-2-7-15-36)44-32-33-47-48(34-44)53-46-19-11-10-18-45(46)50-49(53)52(47)43-30-24-40(25-31-43)37-16-8-3-9-17-37;26-19-12-15-23-24(16-19)29-22-9-5-4-8-21(22)27-25(29)28(23)20-13-10-18(11-14-20)17-6-2-1-3-7-17;1-3-7-19(8-4-1)21-11-15-23(16-12-21)25-24-17-13-22(14-18-24)20-9-5-2-6-10-20/h1-34H;1-16H;1-18,25H. The maximum atomic E-state index is 5.19. The molecule has 0 spiro atoms. The van der Waals surface area contributed by atoms with Crippen LogP contribution in [0.2, 0.25) is 0 Å². The summed E-state index contributed by atoms with van der Waals surface area (Å²) in [7, 11) is 0. The van der Waals surface area contributed by atoms with E-state index in [4.69, 9.17) is 9.97 Å². The number of rotatable bonds is 13. The molecule has 4 heterocycles. The maximum Gasteiger partial charge on any atom is 0.220 e. The topological polar surface area (TPSA) is 59.7 Å². The minimum atomic E-state index is 0.886. The Morgan fingerprint density at radius 3 is 0.841 bits per heavy atom. The van der Waals surface area contributed by atoms with E-state index in [1.807, 2.05) is 24.3 Å². The molecule has 107 heavy (non-hydrogen) atoms. The van der Waals surface area contributed by atoms with Crippen LogP contribution in [0.1, 0.15) is 0 Å². The van der Waals surface area contributed by atoms with Crippen molar-refractivity contribution < 1.29 is 0 Å². The number of benzene rings is 16. The highest BCUT2D eigenvalue weighted by Gasteiger charge is 2.22. The van der Waals surface area contributed by atoms with Crippen molar-refractivity contribution in [2.45, 2.75) is 0 Å². The fraction of sp³-hybridized carbons (Fsp3) is 0. The molecule has 0 radical (unpaired) electrons. The molecule has 0 aliphatic rings. The Morgan fingerprint density at radius 1 is 0.224 bits per heavy atom. The van der Waals surface area contributed by atoms with Gasteiger partial charge in [-0.1, -0.05) is 295 Å². The molecule has 8 nitrogen and oxygen atoms in total. The van der Waals surface area contributed by atoms with Crippen molar-refractivity contribution >= 4 is 100 Å². The van der Waals surface area contributed by atoms with Gasteiger partial charge in [0.25, 0.3) is 0 Å². The third-order valence-electron chi connectivity index (χ3n) is 19.8. The van der Waals surface area contributed by atoms with Gasteiger partial charge in [0.15, 0.2) is 0 Å². The lowest BCUT2D eigenvalue weighted by molar-refractivity contribution is 1.11. The van der Waals surface area contributed by atoms with E-state index in [2.05, 4.69) is 432 Å². The van der Waals surface area contributed by atoms with Crippen LogP contribution in [0.4, 0.5) is 28.4 Å². The molecule has 0 aliphatic heterocycles. The Morgan fingerprint density at radius 2 is 0.495 bits per heavy atom. The summed E-state index contributed by atoms with van der Waals surface area (Å²) >= 11 is 3.63. The minimum Gasteiger partial charge on any atom is -0.356 e. The number of hydrogen-bond donors (Lipinski definition) is 1. The summed E-state index contributed by atoms with van der Waals surface area (Å²) in [5.74, 6) is 1.81. The first-order valence-corrected chi connectivity index (χ1v) is 36.8. The zero-order valence-corrected chi connectivity index (χ0v) is 59.9. The third-order valence-corrected chi connectivity index (χ3v) is 20.3. The lowest BCUT2D eigenvalue weighted by Crippen LogP contribution is -2.10. The first-order valence-electron chi connectivity index (χ1n) is 36.0. The van der Waals surface area contributed by atoms with Gasteiger partial charge in [-0.25, -0.2) is 9.97 Å². The molecule has 16 aromatic carbocycles. The van der Waals surface area contributed by atoms with E-state index in [9.17, 15) is 0 Å². The molecule has 0 saturated heterocycles. The molecule has 0 fully saturated rings. The smallest absolute Gasteiger partial charge is 0.220 e. The van der Waals surface area contributed by atoms with Crippen LogP contribution >= 0.6 is 15.9 Å². The Labute approximate surface area is 629 Å². The van der Waals surface area contributed by atoms with Crippen molar-refractivity contribution in [2.75, 3.05) is 10.2 Å². The third kappa shape index (κ3) is 13.2. The fourth-order valence-corrected chi connectivity index (χ4v) is 14.9. The molecule has 0 amide bonds. The zero-order valence-electron chi connectivity index (χ0n) is 58.3. The van der Waals surface area contributed by atoms with Crippen LogP contribution in [0.3, 0.4) is 0 Å². The second kappa shape index (κ2) is 29.1. The van der Waals surface area contributed by atoms with Gasteiger partial charge in [-0.2, -0.15) is 0 Å². The monoisotopic (exact) mass is 1440 g/mol. The number of nitrogens with zero attached hydrogens (tertiary/aromatic N) is 7. The molecule has 9 heteroatoms. The van der Waals surface area contributed by atoms with Gasteiger partial charge in [-0.15, -0.1) is 0 Å². The number of aromatic nitrogens is 6. The molecule has 0 aliphatic carbocycles. The molecule has 0 saturated carbocycles. The summed E-state index contributed by atoms with van der Waals surface area (Å²) < 4.78 is 10.1. The number of nitrogens with one attached hydrogen (secondary N) is 1. The lowest BCUT2D eigenvalue weighted by atomic mass is 10.0. The van der Waals surface area contributed by atoms with Gasteiger partial charge in [-0.05, 0) is 200 Å². The predicted octanol–water partition coefficient (Wildman–Crippen LogP) is 26.5. The van der Waals surface area contributed by atoms with Crippen molar-refractivity contribution in [1.82, 2.24) is 27.9 Å². The van der Waals surface area contributed by atoms with Crippen molar-refractivity contribution in [3.05, 3.63) is 417 Å². The normalized spacial score (nSPS) is 11.2. The van der Waals surface area contributed by atoms with Crippen LogP contribution in [0.5, 0.6) is 0 Å². The summed E-state index contributed by atoms with van der Waals surface area (Å²) in [6, 6.07) is 145. The van der Waals surface area contributed by atoms with Crippen molar-refractivity contribution in [3.63, 3.8) is 0 Å². The average molecular weight is 1440 g/mol. The molecule has 20 rings (SSSR count). The van der Waals surface area contributed by atoms with Crippen molar-refractivity contribution in [3.8, 4) is 78.1 Å². The SMILES string of the molecule is Brc1ccc2c(c1)n1c3ccccc3nc1n2-c1ccc(-c2ccccc2)cc1.c1ccc(-c2ccc(N(c3ccc(-c4ccccc4)cc3)c3ccc4c(c3)n3c5ccccc5nc3n4-c3ccc(-c4ccccc4)cc3)cc2)cc1.c1ccc(-c2ccc(Nc3ccc(-c4ccccc4)cc3)cc2)cc1. The van der Waals surface area contributed by atoms with E-state index < -0.39 is 0 Å². The second-order valence-electron chi connectivity index (χ2n) is 26.4. The quantitative estimate of drug-likeness (QED) is 0.125. The predicted molar refractivity (Wildman–Crippen MR) is 450 cm³/mol. The molecule has 0 unspecified atom stereocenters. The summed E-state index contributed by atoms with van der Waals surface area (Å²) in [6.45, 7) is 0. The number of fused-ring (bicyclic) bond motifs is 10. The van der Waals surface area contributed by atoms with Crippen LogP contribution in [-0.2, 0) is 0 Å². The van der Waals surface area contributed by atoms with Gasteiger partial charge in [0.05, 0.1) is 44.1 Å². The van der Waals surface area contributed by atoms with E-state index in [1.54, 1.807) is 0 Å². The number of anilines is 5. The van der Waals surface area contributed by atoms with E-state index in [-0.39, 0.29) is 0 Å². The van der Waals surface area contributed by atoms with Crippen molar-refractivity contribution in [2.24, 2.45) is 0 Å². The highest BCUT2D eigenvalue weighted by Crippen LogP contribution is 2.41. The molecule has 4 aromatic heterocycles. The zero-order chi connectivity index (χ0) is 71.4. The molecule has 20 aromatic rings. The molecular formula is C98H69BrN8. The fourth-order valence-electron chi connectivity index (χ4n) is 14.5. The van der Waals surface area contributed by atoms with E-state index in [0.29, 0.717) is 0 Å². The Balaban J connectivity index is 0.000000126. The van der Waals surface area contributed by atoms with Gasteiger partial charge in [0.1, 0.15) is 0 Å². The van der Waals surface area contributed by atoms with Crippen molar-refractivity contribution in [1.29, 1.82) is 0 Å². The van der Waals surface area contributed by atoms with Gasteiger partial charge >= 0.3 is 0 Å². The molecule has 1 N–H and O–H groups in total. The Kier molecular flexibility index (Phi) is 17.7. The Hall–Kier alpha value is -13.9. The van der Waals surface area contributed by atoms with Gasteiger partial charge in [0.2, 0.25) is 11.6 Å². The molecule has 0 bridgehead atoms. The molecule has 0 atom stereocenters. The Bertz CT molecular complexity index is 6280. The summed E-state index contributed by atoms with van der Waals surface area (Å²) in [6.07, 6.45) is 0. The highest BCUT2D eigenvalue weighted by molar-refractivity contribution is 9.10. The van der Waals surface area contributed by atoms with E-state index >= 15 is 0 Å². The largest absolute Gasteiger partial charge is 0.356 e. The highest BCUT2D eigenvalue weighted by atomic mass is 79.9. The second-order valence-corrected chi connectivity index (χ2v) is 27.4. The van der Waals surface area contributed by atoms with Gasteiger partial charge < -0.3 is 10.2 Å². The van der Waals surface area contributed by atoms with E-state index in [0.717, 1.165) is 100.0 Å². The number of imidazole rings is 4. The summed E-state index contributed by atoms with van der Waals surface area (Å²) in [4.78, 5) is 12.5. The number of para-hydroxylation sites is 4. The van der Waals surface area contributed by atoms with Gasteiger partial charge in [-0.3, -0.25) is 17.9 Å². The van der Waals surface area contributed by atoms with E-state index in [1.165, 1.54) is 66.8 Å². The molecular weight excluding hydrogens is 1370 g/mol. The first kappa shape index (κ1) is 65.2. The molecule has 508 valence electrons. The number of halogens is 1. The van der Waals surface area contributed by atoms with Crippen LogP contribution in [-0.4, -0.2) is 27.9 Å². The summed E-state index contributed by atoms with van der Waals surface area (Å²) in [5, 5.41) is 3.46. The average Bonchev–Trinajstić information content (AvgIpc) is 1.57. The minimum absolute atomic E-state index is 0.886. The van der Waals surface area contributed by atoms with Crippen LogP contribution < -0.4 is 10.2 Å². The van der Waals surface area contributed by atoms with Crippen LogP contribution in [0, 0.1) is 0 Å². The van der Waals surface area contributed by atoms with Crippen LogP contribution in [0.15, 0.2) is 417 Å². The van der Waals surface area contributed by atoms with Crippen LogP contribution in [0.25, 0.3) is 134 Å². The lowest BCUT2D eigenvalue weighted by Gasteiger charge is -2.26.